The van der Waals surface area contributed by atoms with Gasteiger partial charge in [-0.15, -0.1) is 0 Å². The maximum atomic E-state index is 15.4. The summed E-state index contributed by atoms with van der Waals surface area (Å²) in [4.78, 5) is 9.16. The summed E-state index contributed by atoms with van der Waals surface area (Å²) in [5, 5.41) is 4.17. The Bertz CT molecular complexity index is 1060. The van der Waals surface area contributed by atoms with Gasteiger partial charge in [0.1, 0.15) is 5.82 Å². The topological polar surface area (TPSA) is 63.4 Å². The number of piperazine rings is 2. The van der Waals surface area contributed by atoms with Gasteiger partial charge in [0, 0.05) is 69.3 Å². The molecule has 3 N–H and O–H groups in total. The van der Waals surface area contributed by atoms with Gasteiger partial charge in [-0.3, -0.25) is 5.43 Å². The number of rotatable bonds is 5. The summed E-state index contributed by atoms with van der Waals surface area (Å²) in [6.07, 6.45) is 1.60. The van der Waals surface area contributed by atoms with Crippen LogP contribution in [0.15, 0.2) is 35.4 Å². The molecule has 0 amide bonds. The fourth-order valence-electron chi connectivity index (χ4n) is 4.67. The molecule has 2 heterocycles. The number of nitrogens with two attached hydrogens (primary N) is 1. The van der Waals surface area contributed by atoms with E-state index in [9.17, 15) is 0 Å². The molecule has 4 rings (SSSR count). The summed E-state index contributed by atoms with van der Waals surface area (Å²) in [5.74, 6) is -0.241. The van der Waals surface area contributed by atoms with Crippen molar-refractivity contribution in [3.8, 4) is 0 Å². The number of halogens is 1. The van der Waals surface area contributed by atoms with Crippen LogP contribution in [0.5, 0.6) is 0 Å². The molecule has 2 fully saturated rings. The molecule has 0 aliphatic carbocycles. The van der Waals surface area contributed by atoms with Crippen LogP contribution < -0.4 is 25.9 Å². The standard InChI is InChI=1S/C25H34FN7S/c1-18-5-4-6-22(19(18)2)31-11-13-33(14-12-31)24-16-23(32-9-7-30(3)8-10-32)20(15-21(24)26)17-28-29-25(27)34/h4-6,15-17H,7-14H2,1-3H3,(H3,27,29,34). The first-order valence-electron chi connectivity index (χ1n) is 11.7. The van der Waals surface area contributed by atoms with Crippen molar-refractivity contribution in [3.63, 3.8) is 0 Å². The van der Waals surface area contributed by atoms with Gasteiger partial charge in [0.05, 0.1) is 11.9 Å². The van der Waals surface area contributed by atoms with E-state index in [1.165, 1.54) is 16.8 Å². The van der Waals surface area contributed by atoms with Crippen LogP contribution in [0.1, 0.15) is 16.7 Å². The van der Waals surface area contributed by atoms with Crippen LogP contribution in [0.25, 0.3) is 0 Å². The number of nitrogens with one attached hydrogen (secondary N) is 1. The highest BCUT2D eigenvalue weighted by Gasteiger charge is 2.24. The van der Waals surface area contributed by atoms with E-state index in [1.807, 2.05) is 6.07 Å². The molecule has 2 aliphatic rings. The number of hydrogen-bond donors (Lipinski definition) is 2. The van der Waals surface area contributed by atoms with Crippen molar-refractivity contribution in [2.45, 2.75) is 13.8 Å². The maximum absolute atomic E-state index is 15.4. The average molecular weight is 484 g/mol. The van der Waals surface area contributed by atoms with Crippen molar-refractivity contribution in [2.24, 2.45) is 10.8 Å². The summed E-state index contributed by atoms with van der Waals surface area (Å²) in [6, 6.07) is 9.99. The predicted molar refractivity (Wildman–Crippen MR) is 144 cm³/mol. The van der Waals surface area contributed by atoms with E-state index in [1.54, 1.807) is 12.3 Å². The zero-order valence-electron chi connectivity index (χ0n) is 20.2. The first-order chi connectivity index (χ1) is 16.3. The Hall–Kier alpha value is -2.91. The molecule has 2 saturated heterocycles. The smallest absolute Gasteiger partial charge is 0.184 e. The minimum absolute atomic E-state index is 0.0798. The van der Waals surface area contributed by atoms with E-state index in [-0.39, 0.29) is 10.9 Å². The highest BCUT2D eigenvalue weighted by atomic mass is 32.1. The minimum atomic E-state index is -0.241. The van der Waals surface area contributed by atoms with Gasteiger partial charge in [-0.25, -0.2) is 4.39 Å². The highest BCUT2D eigenvalue weighted by Crippen LogP contribution is 2.32. The van der Waals surface area contributed by atoms with Gasteiger partial charge in [-0.1, -0.05) is 12.1 Å². The lowest BCUT2D eigenvalue weighted by molar-refractivity contribution is 0.313. The number of hydrogen-bond acceptors (Lipinski definition) is 6. The van der Waals surface area contributed by atoms with Crippen LogP contribution in [-0.2, 0) is 0 Å². The van der Waals surface area contributed by atoms with Gasteiger partial charge in [-0.05, 0) is 62.4 Å². The van der Waals surface area contributed by atoms with E-state index >= 15 is 4.39 Å². The lowest BCUT2D eigenvalue weighted by Crippen LogP contribution is -2.47. The Kier molecular flexibility index (Phi) is 7.53. The van der Waals surface area contributed by atoms with Gasteiger partial charge in [-0.2, -0.15) is 5.10 Å². The first kappa shape index (κ1) is 24.2. The molecule has 0 saturated carbocycles. The normalized spacial score (nSPS) is 17.5. The molecule has 0 aromatic heterocycles. The molecular weight excluding hydrogens is 449 g/mol. The Balaban J connectivity index is 1.57. The van der Waals surface area contributed by atoms with Crippen molar-refractivity contribution in [3.05, 3.63) is 52.8 Å². The quantitative estimate of drug-likeness (QED) is 0.385. The summed E-state index contributed by atoms with van der Waals surface area (Å²) in [6.45, 7) is 11.2. The van der Waals surface area contributed by atoms with Crippen LogP contribution in [0.4, 0.5) is 21.5 Å². The van der Waals surface area contributed by atoms with Gasteiger partial charge < -0.3 is 25.3 Å². The van der Waals surface area contributed by atoms with Crippen molar-refractivity contribution in [1.82, 2.24) is 10.3 Å². The van der Waals surface area contributed by atoms with Gasteiger partial charge in [0.2, 0.25) is 0 Å². The third kappa shape index (κ3) is 5.42. The zero-order valence-corrected chi connectivity index (χ0v) is 21.0. The maximum Gasteiger partial charge on any atom is 0.184 e. The van der Waals surface area contributed by atoms with E-state index in [4.69, 9.17) is 18.0 Å². The fraction of sp³-hybridized carbons (Fsp3) is 0.440. The summed E-state index contributed by atoms with van der Waals surface area (Å²) < 4.78 is 15.4. The second kappa shape index (κ2) is 10.6. The number of likely N-dealkylation sites (N-methyl/N-ethyl adjacent to an activating group) is 1. The molecule has 0 unspecified atom stereocenters. The van der Waals surface area contributed by atoms with Crippen LogP contribution in [-0.4, -0.2) is 75.6 Å². The molecule has 0 spiro atoms. The van der Waals surface area contributed by atoms with Gasteiger partial charge >= 0.3 is 0 Å². The van der Waals surface area contributed by atoms with Crippen LogP contribution in [0.3, 0.4) is 0 Å². The van der Waals surface area contributed by atoms with E-state index in [0.29, 0.717) is 11.3 Å². The summed E-state index contributed by atoms with van der Waals surface area (Å²) in [7, 11) is 2.12. The van der Waals surface area contributed by atoms with Crippen LogP contribution >= 0.6 is 12.2 Å². The molecule has 0 bridgehead atoms. The van der Waals surface area contributed by atoms with Crippen molar-refractivity contribution in [2.75, 3.05) is 74.1 Å². The third-order valence-electron chi connectivity index (χ3n) is 6.86. The Labute approximate surface area is 207 Å². The number of aryl methyl sites for hydroxylation is 1. The molecule has 9 heteroatoms. The van der Waals surface area contributed by atoms with Crippen molar-refractivity contribution in [1.29, 1.82) is 0 Å². The molecule has 2 aromatic carbocycles. The van der Waals surface area contributed by atoms with Crippen molar-refractivity contribution < 1.29 is 4.39 Å². The van der Waals surface area contributed by atoms with Crippen LogP contribution in [0.2, 0.25) is 0 Å². The number of anilines is 3. The monoisotopic (exact) mass is 483 g/mol. The summed E-state index contributed by atoms with van der Waals surface area (Å²) in [5.41, 5.74) is 14.3. The Morgan fingerprint density at radius 3 is 2.18 bits per heavy atom. The molecular formula is C25H34FN7S. The zero-order chi connectivity index (χ0) is 24.2. The largest absolute Gasteiger partial charge is 0.375 e. The second-order valence-electron chi connectivity index (χ2n) is 9.08. The lowest BCUT2D eigenvalue weighted by atomic mass is 10.1. The number of benzene rings is 2. The van der Waals surface area contributed by atoms with E-state index in [2.05, 4.69) is 69.2 Å². The first-order valence-corrected chi connectivity index (χ1v) is 12.2. The lowest BCUT2D eigenvalue weighted by Gasteiger charge is -2.39. The molecule has 7 nitrogen and oxygen atoms in total. The molecule has 0 radical (unpaired) electrons. The van der Waals surface area contributed by atoms with Crippen molar-refractivity contribution >= 4 is 40.6 Å². The van der Waals surface area contributed by atoms with Gasteiger partial charge in [0.15, 0.2) is 5.11 Å². The number of thiocarbonyl (C=S) groups is 1. The Morgan fingerprint density at radius 1 is 0.941 bits per heavy atom. The Morgan fingerprint density at radius 2 is 1.53 bits per heavy atom. The third-order valence-corrected chi connectivity index (χ3v) is 6.95. The minimum Gasteiger partial charge on any atom is -0.375 e. The fourth-order valence-corrected chi connectivity index (χ4v) is 4.72. The second-order valence-corrected chi connectivity index (χ2v) is 9.52. The number of nitrogens with zero attached hydrogens (tertiary/aromatic N) is 5. The van der Waals surface area contributed by atoms with Crippen LogP contribution in [0, 0.1) is 19.7 Å². The SMILES string of the molecule is Cc1cccc(N2CCN(c3cc(N4CCN(C)CC4)c(C=NNC(N)=S)cc3F)CC2)c1C. The molecule has 182 valence electrons. The molecule has 2 aromatic rings. The molecule has 34 heavy (non-hydrogen) atoms. The van der Waals surface area contributed by atoms with E-state index in [0.717, 1.165) is 58.0 Å². The highest BCUT2D eigenvalue weighted by molar-refractivity contribution is 7.80. The van der Waals surface area contributed by atoms with E-state index < -0.39 is 0 Å². The number of hydrazone groups is 1. The predicted octanol–water partition coefficient (Wildman–Crippen LogP) is 2.69. The van der Waals surface area contributed by atoms with Gasteiger partial charge in [0.25, 0.3) is 0 Å². The summed E-state index contributed by atoms with van der Waals surface area (Å²) >= 11 is 4.83. The average Bonchev–Trinajstić information content (AvgIpc) is 2.82. The molecule has 2 aliphatic heterocycles. The molecule has 0 atom stereocenters.